The lowest BCUT2D eigenvalue weighted by Gasteiger charge is -2.31. The number of nitrogens with one attached hydrogen (secondary N) is 2. The second kappa shape index (κ2) is 10.5. The molecule has 5 rings (SSSR count). The molecular weight excluding hydrogens is 511 g/mol. The van der Waals surface area contributed by atoms with Crippen molar-refractivity contribution in [3.8, 4) is 28.0 Å². The average molecular weight is 539 g/mol. The van der Waals surface area contributed by atoms with Gasteiger partial charge in [-0.3, -0.25) is 9.69 Å². The highest BCUT2D eigenvalue weighted by Crippen LogP contribution is 2.42. The maximum atomic E-state index is 14.9. The number of carbonyl (C=O) groups is 2. The summed E-state index contributed by atoms with van der Waals surface area (Å²) in [6.45, 7) is 5.48. The maximum absolute atomic E-state index is 14.9. The lowest BCUT2D eigenvalue weighted by atomic mass is 9.97. The highest BCUT2D eigenvalue weighted by molar-refractivity contribution is 6.34. The van der Waals surface area contributed by atoms with Gasteiger partial charge in [0.1, 0.15) is 11.6 Å². The van der Waals surface area contributed by atoms with Crippen LogP contribution in [0.3, 0.4) is 0 Å². The van der Waals surface area contributed by atoms with Gasteiger partial charge in [0.15, 0.2) is 5.82 Å². The normalized spacial score (nSPS) is 15.8. The van der Waals surface area contributed by atoms with Gasteiger partial charge in [-0.2, -0.15) is 0 Å². The lowest BCUT2D eigenvalue weighted by Crippen LogP contribution is -2.43. The van der Waals surface area contributed by atoms with Gasteiger partial charge < -0.3 is 25.5 Å². The molecule has 0 spiro atoms. The molecule has 0 radical (unpaired) electrons. The highest BCUT2D eigenvalue weighted by Gasteiger charge is 2.28. The summed E-state index contributed by atoms with van der Waals surface area (Å²) in [7, 11) is 1.72. The molecule has 198 valence electrons. The fraction of sp³-hybridized carbons (Fsp3) is 0.296. The van der Waals surface area contributed by atoms with Crippen molar-refractivity contribution in [2.75, 3.05) is 61.4 Å². The molecule has 0 bridgehead atoms. The zero-order valence-electron chi connectivity index (χ0n) is 21.1. The molecule has 0 atom stereocenters. The predicted octanol–water partition coefficient (Wildman–Crippen LogP) is 4.15. The zero-order chi connectivity index (χ0) is 27.0. The number of hydrogen-bond acceptors (Lipinski definition) is 6. The molecule has 0 saturated carbocycles. The fourth-order valence-corrected chi connectivity index (χ4v) is 5.10. The van der Waals surface area contributed by atoms with Crippen molar-refractivity contribution in [3.05, 3.63) is 53.4 Å². The molecule has 2 saturated heterocycles. The van der Waals surface area contributed by atoms with Crippen molar-refractivity contribution in [2.45, 2.75) is 6.92 Å². The fourth-order valence-electron chi connectivity index (χ4n) is 4.81. The van der Waals surface area contributed by atoms with Crippen LogP contribution in [0.25, 0.3) is 22.3 Å². The Hall–Kier alpha value is -3.89. The molecule has 2 aliphatic rings. The Morgan fingerprint density at radius 3 is 2.39 bits per heavy atom. The Labute approximate surface area is 224 Å². The lowest BCUT2D eigenvalue weighted by molar-refractivity contribution is -0.114. The van der Waals surface area contributed by atoms with Gasteiger partial charge in [-0.25, -0.2) is 14.2 Å². The van der Waals surface area contributed by atoms with E-state index in [-0.39, 0.29) is 28.8 Å². The van der Waals surface area contributed by atoms with Crippen LogP contribution in [0.15, 0.2) is 42.6 Å². The molecular formula is C27H28ClFN6O3. The van der Waals surface area contributed by atoms with E-state index in [1.54, 1.807) is 41.1 Å². The smallest absolute Gasteiger partial charge is 0.324 e. The van der Waals surface area contributed by atoms with E-state index in [9.17, 15) is 19.1 Å². The number of nitrogens with zero attached hydrogens (tertiary/aromatic N) is 4. The number of pyridine rings is 1. The van der Waals surface area contributed by atoms with E-state index in [0.29, 0.717) is 59.5 Å². The predicted molar refractivity (Wildman–Crippen MR) is 147 cm³/mol. The number of benzene rings is 2. The summed E-state index contributed by atoms with van der Waals surface area (Å²) >= 11 is 6.54. The van der Waals surface area contributed by atoms with Crippen LogP contribution in [0.1, 0.15) is 6.92 Å². The van der Waals surface area contributed by atoms with E-state index in [4.69, 9.17) is 11.6 Å². The van der Waals surface area contributed by atoms with Crippen molar-refractivity contribution >= 4 is 40.7 Å². The van der Waals surface area contributed by atoms with Gasteiger partial charge in [0.2, 0.25) is 5.91 Å². The number of hydrogen-bond donors (Lipinski definition) is 3. The number of rotatable bonds is 5. The number of amides is 3. The van der Waals surface area contributed by atoms with E-state index >= 15 is 0 Å². The summed E-state index contributed by atoms with van der Waals surface area (Å²) in [5.74, 6) is -0.518. The number of aromatic hydroxyl groups is 1. The number of anilines is 3. The number of halogens is 2. The van der Waals surface area contributed by atoms with Crippen molar-refractivity contribution in [1.82, 2.24) is 15.2 Å². The molecule has 11 heteroatoms. The van der Waals surface area contributed by atoms with Crippen LogP contribution in [-0.2, 0) is 4.79 Å². The minimum absolute atomic E-state index is 0.132. The third-order valence-corrected chi connectivity index (χ3v) is 7.07. The van der Waals surface area contributed by atoms with Gasteiger partial charge in [-0.15, -0.1) is 0 Å². The molecule has 2 aliphatic heterocycles. The molecule has 0 aliphatic carbocycles. The van der Waals surface area contributed by atoms with Crippen LogP contribution in [0.4, 0.5) is 26.4 Å². The molecule has 3 aromatic rings. The maximum Gasteiger partial charge on any atom is 0.324 e. The quantitative estimate of drug-likeness (QED) is 0.451. The third kappa shape index (κ3) is 4.97. The Kier molecular flexibility index (Phi) is 7.09. The van der Waals surface area contributed by atoms with Gasteiger partial charge in [-0.05, 0) is 35.9 Å². The zero-order valence-corrected chi connectivity index (χ0v) is 21.8. The number of phenolic OH excluding ortho intramolecular Hbond substituents is 1. The summed E-state index contributed by atoms with van der Waals surface area (Å²) in [5, 5.41) is 17.6. The molecule has 2 fully saturated rings. The van der Waals surface area contributed by atoms with E-state index in [2.05, 4.69) is 20.5 Å². The summed E-state index contributed by atoms with van der Waals surface area (Å²) in [6.07, 6.45) is 1.50. The van der Waals surface area contributed by atoms with Gasteiger partial charge in [0, 0.05) is 76.1 Å². The summed E-state index contributed by atoms with van der Waals surface area (Å²) in [6, 6.07) is 9.17. The molecule has 3 N–H and O–H groups in total. The third-order valence-electron chi connectivity index (χ3n) is 6.77. The minimum Gasteiger partial charge on any atom is -0.507 e. The first kappa shape index (κ1) is 25.7. The Bertz CT molecular complexity index is 1410. The number of aromatic nitrogens is 1. The van der Waals surface area contributed by atoms with Crippen LogP contribution in [0.5, 0.6) is 5.75 Å². The van der Waals surface area contributed by atoms with Crippen LogP contribution >= 0.6 is 11.6 Å². The van der Waals surface area contributed by atoms with Crippen LogP contribution in [0.2, 0.25) is 5.02 Å². The average Bonchev–Trinajstić information content (AvgIpc) is 3.23. The minimum atomic E-state index is -0.543. The van der Waals surface area contributed by atoms with Crippen molar-refractivity contribution in [1.29, 1.82) is 0 Å². The topological polar surface area (TPSA) is 101 Å². The number of carbonyl (C=O) groups excluding carboxylic acids is 2. The molecule has 3 amide bonds. The number of piperazine rings is 1. The van der Waals surface area contributed by atoms with Gasteiger partial charge in [0.05, 0.1) is 16.4 Å². The molecule has 2 aromatic carbocycles. The largest absolute Gasteiger partial charge is 0.507 e. The standard InChI is InChI=1S/C27H28ClFN6O3/c1-16(36)32-26-24(34-7-5-30-6-8-34)12-18(15-31-26)21-14-19(29)13-20(25(21)37)17-3-4-23(22(28)11-17)35-10-9-33(2)27(35)38/h3-4,11-15,30,37H,5-10H2,1-2H3,(H,31,32,36). The first-order valence-corrected chi connectivity index (χ1v) is 12.7. The molecule has 38 heavy (non-hydrogen) atoms. The molecule has 3 heterocycles. The highest BCUT2D eigenvalue weighted by atomic mass is 35.5. The number of urea groups is 1. The number of phenols is 1. The van der Waals surface area contributed by atoms with E-state index in [0.717, 1.165) is 13.1 Å². The van der Waals surface area contributed by atoms with Gasteiger partial charge in [0.25, 0.3) is 0 Å². The second-order valence-electron chi connectivity index (χ2n) is 9.38. The Morgan fingerprint density at radius 1 is 1.05 bits per heavy atom. The monoisotopic (exact) mass is 538 g/mol. The van der Waals surface area contributed by atoms with Crippen LogP contribution < -0.4 is 20.4 Å². The summed E-state index contributed by atoms with van der Waals surface area (Å²) < 4.78 is 14.9. The molecule has 0 unspecified atom stereocenters. The van der Waals surface area contributed by atoms with Crippen molar-refractivity contribution < 1.29 is 19.1 Å². The Balaban J connectivity index is 1.54. The molecule has 9 nitrogen and oxygen atoms in total. The van der Waals surface area contributed by atoms with Crippen LogP contribution in [-0.4, -0.2) is 73.2 Å². The molecule has 1 aromatic heterocycles. The SMILES string of the molecule is CC(=O)Nc1ncc(-c2cc(F)cc(-c3ccc(N4CCN(C)C4=O)c(Cl)c3)c2O)cc1N1CCNCC1. The van der Waals surface area contributed by atoms with Gasteiger partial charge >= 0.3 is 6.03 Å². The first-order chi connectivity index (χ1) is 18.2. The van der Waals surface area contributed by atoms with Crippen molar-refractivity contribution in [3.63, 3.8) is 0 Å². The van der Waals surface area contributed by atoms with Crippen molar-refractivity contribution in [2.24, 2.45) is 0 Å². The first-order valence-electron chi connectivity index (χ1n) is 12.3. The van der Waals surface area contributed by atoms with Gasteiger partial charge in [-0.1, -0.05) is 17.7 Å². The van der Waals surface area contributed by atoms with Crippen LogP contribution in [0, 0.1) is 5.82 Å². The van der Waals surface area contributed by atoms with E-state index in [1.807, 2.05) is 0 Å². The summed E-state index contributed by atoms with van der Waals surface area (Å²) in [4.78, 5) is 33.9. The second-order valence-corrected chi connectivity index (χ2v) is 9.79. The Morgan fingerprint density at radius 2 is 1.76 bits per heavy atom. The van der Waals surface area contributed by atoms with E-state index in [1.165, 1.54) is 25.3 Å². The van der Waals surface area contributed by atoms with E-state index < -0.39 is 5.82 Å². The summed E-state index contributed by atoms with van der Waals surface area (Å²) in [5.41, 5.74) is 2.76. The number of likely N-dealkylation sites (N-methyl/N-ethyl adjacent to an activating group) is 1.